The van der Waals surface area contributed by atoms with Crippen molar-refractivity contribution >= 4 is 22.6 Å². The molecule has 1 aliphatic carbocycles. The van der Waals surface area contributed by atoms with E-state index in [1.807, 2.05) is 19.1 Å². The highest BCUT2D eigenvalue weighted by Gasteiger charge is 2.20. The molecule has 0 aromatic heterocycles. The zero-order chi connectivity index (χ0) is 15.0. The van der Waals surface area contributed by atoms with Crippen molar-refractivity contribution in [1.82, 2.24) is 4.90 Å². The van der Waals surface area contributed by atoms with Gasteiger partial charge in [-0.3, -0.25) is 0 Å². The van der Waals surface area contributed by atoms with Crippen molar-refractivity contribution in [3.8, 4) is 0 Å². The molecule has 0 fully saturated rings. The van der Waals surface area contributed by atoms with E-state index in [0.29, 0.717) is 0 Å². The van der Waals surface area contributed by atoms with Crippen LogP contribution < -0.4 is 0 Å². The van der Waals surface area contributed by atoms with Crippen molar-refractivity contribution < 1.29 is 0 Å². The van der Waals surface area contributed by atoms with E-state index in [4.69, 9.17) is 0 Å². The molecule has 0 amide bonds. The number of rotatable bonds is 7. The molecule has 0 radical (unpaired) electrons. The molecule has 2 heteroatoms. The molecule has 0 aliphatic heterocycles. The van der Waals surface area contributed by atoms with Crippen molar-refractivity contribution in [2.45, 2.75) is 19.4 Å². The maximum absolute atomic E-state index is 4.14. The van der Waals surface area contributed by atoms with Gasteiger partial charge in [0.15, 0.2) is 0 Å². The van der Waals surface area contributed by atoms with Gasteiger partial charge in [-0.2, -0.15) is 0 Å². The summed E-state index contributed by atoms with van der Waals surface area (Å²) in [6.45, 7) is 13.8. The minimum Gasteiger partial charge on any atom is -0.339 e. The summed E-state index contributed by atoms with van der Waals surface area (Å²) in [5.74, 6) is 0. The average Bonchev–Trinajstić information content (AvgIpc) is 2.45. The van der Waals surface area contributed by atoms with Crippen LogP contribution >= 0.6 is 22.6 Å². The number of halogens is 1. The van der Waals surface area contributed by atoms with Crippen LogP contribution in [-0.4, -0.2) is 15.4 Å². The van der Waals surface area contributed by atoms with Gasteiger partial charge in [0.2, 0.25) is 0 Å². The summed E-state index contributed by atoms with van der Waals surface area (Å²) in [6, 6.07) is 0.286. The Morgan fingerprint density at radius 3 is 2.80 bits per heavy atom. The van der Waals surface area contributed by atoms with Gasteiger partial charge in [-0.15, -0.1) is 0 Å². The second-order valence-corrected chi connectivity index (χ2v) is 5.47. The molecule has 0 N–H and O–H groups in total. The summed E-state index contributed by atoms with van der Waals surface area (Å²) >= 11 is 2.36. The van der Waals surface area contributed by atoms with Crippen molar-refractivity contribution in [3.63, 3.8) is 0 Å². The van der Waals surface area contributed by atoms with Gasteiger partial charge in [-0.05, 0) is 25.0 Å². The van der Waals surface area contributed by atoms with E-state index in [9.17, 15) is 0 Å². The average molecular weight is 379 g/mol. The van der Waals surface area contributed by atoms with Crippen molar-refractivity contribution in [2.24, 2.45) is 0 Å². The Labute approximate surface area is 136 Å². The molecule has 0 saturated heterocycles. The Hall–Kier alpha value is -1.29. The molecule has 0 saturated carbocycles. The third-order valence-corrected chi connectivity index (χ3v) is 3.50. The molecule has 1 atom stereocenters. The largest absolute Gasteiger partial charge is 0.339 e. The second-order valence-electron chi connectivity index (χ2n) is 4.59. The molecular formula is C18H22IN. The summed E-state index contributed by atoms with van der Waals surface area (Å²) in [5.41, 5.74) is 3.45. The van der Waals surface area contributed by atoms with Gasteiger partial charge in [0.25, 0.3) is 0 Å². The molecule has 0 aromatic carbocycles. The van der Waals surface area contributed by atoms with Gasteiger partial charge in [0.1, 0.15) is 0 Å². The van der Waals surface area contributed by atoms with Gasteiger partial charge < -0.3 is 4.90 Å². The lowest BCUT2D eigenvalue weighted by molar-refractivity contribution is 0.370. The van der Waals surface area contributed by atoms with E-state index in [1.165, 1.54) is 5.57 Å². The molecule has 0 aromatic rings. The van der Waals surface area contributed by atoms with Crippen LogP contribution in [-0.2, 0) is 0 Å². The quantitative estimate of drug-likeness (QED) is 0.329. The molecule has 20 heavy (non-hydrogen) atoms. The Kier molecular flexibility index (Phi) is 7.37. The summed E-state index contributed by atoms with van der Waals surface area (Å²) in [6.07, 6.45) is 17.3. The van der Waals surface area contributed by atoms with Crippen LogP contribution in [0.3, 0.4) is 0 Å². The lowest BCUT2D eigenvalue weighted by atomic mass is 9.98. The lowest BCUT2D eigenvalue weighted by Crippen LogP contribution is -2.32. The number of allylic oxidation sites excluding steroid dienone is 8. The van der Waals surface area contributed by atoms with Gasteiger partial charge in [0, 0.05) is 15.8 Å². The zero-order valence-corrected chi connectivity index (χ0v) is 14.2. The summed E-state index contributed by atoms with van der Waals surface area (Å²) in [7, 11) is 0. The molecule has 0 heterocycles. The lowest BCUT2D eigenvalue weighted by Gasteiger charge is -2.34. The van der Waals surface area contributed by atoms with Crippen molar-refractivity contribution in [1.29, 1.82) is 0 Å². The van der Waals surface area contributed by atoms with Crippen LogP contribution in [0.25, 0.3) is 0 Å². The van der Waals surface area contributed by atoms with E-state index in [0.717, 1.165) is 22.2 Å². The first-order valence-electron chi connectivity index (χ1n) is 6.63. The van der Waals surface area contributed by atoms with E-state index in [1.54, 1.807) is 6.08 Å². The first kappa shape index (κ1) is 16.8. The summed E-state index contributed by atoms with van der Waals surface area (Å²) < 4.78 is 0.957. The molecular weight excluding hydrogens is 357 g/mol. The highest BCUT2D eigenvalue weighted by molar-refractivity contribution is 14.1. The van der Waals surface area contributed by atoms with Gasteiger partial charge >= 0.3 is 0 Å². The van der Waals surface area contributed by atoms with Crippen molar-refractivity contribution in [3.05, 3.63) is 85.3 Å². The Balaban J connectivity index is 3.07. The molecule has 0 spiro atoms. The predicted octanol–water partition coefficient (Wildman–Crippen LogP) is 5.32. The van der Waals surface area contributed by atoms with Crippen molar-refractivity contribution in [2.75, 3.05) is 4.43 Å². The zero-order valence-electron chi connectivity index (χ0n) is 12.1. The monoisotopic (exact) mass is 379 g/mol. The third kappa shape index (κ3) is 4.67. The van der Waals surface area contributed by atoms with E-state index in [2.05, 4.69) is 77.6 Å². The standard InChI is InChI=1S/C18H22IN/c1-5-7-10-17(12-13-19)20(15(3)4)18-11-8-9-16(6-2)14-18/h5-12,18H,1-3,13-14H2,4H3/b10-7+,17-12+. The van der Waals surface area contributed by atoms with E-state index >= 15 is 0 Å². The number of nitrogens with zero attached hydrogens (tertiary/aromatic N) is 1. The minimum absolute atomic E-state index is 0.286. The SMILES string of the molecule is C=C/C=C/C(=C\CI)N(C(=C)C)C1C=CC=C(C=C)C1. The fourth-order valence-corrected chi connectivity index (χ4v) is 2.65. The van der Waals surface area contributed by atoms with Crippen LogP contribution in [0.15, 0.2) is 85.3 Å². The van der Waals surface area contributed by atoms with Crippen LogP contribution in [0, 0.1) is 0 Å². The fraction of sp³-hybridized carbons (Fsp3) is 0.222. The second kappa shape index (κ2) is 8.80. The Morgan fingerprint density at radius 1 is 1.50 bits per heavy atom. The number of hydrogen-bond donors (Lipinski definition) is 0. The first-order valence-corrected chi connectivity index (χ1v) is 8.16. The summed E-state index contributed by atoms with van der Waals surface area (Å²) in [4.78, 5) is 2.27. The molecule has 1 nitrogen and oxygen atoms in total. The minimum atomic E-state index is 0.286. The van der Waals surface area contributed by atoms with Gasteiger partial charge in [0.05, 0.1) is 6.04 Å². The molecule has 106 valence electrons. The molecule has 1 unspecified atom stereocenters. The maximum Gasteiger partial charge on any atom is 0.0562 e. The first-order chi connectivity index (χ1) is 9.63. The predicted molar refractivity (Wildman–Crippen MR) is 98.8 cm³/mol. The van der Waals surface area contributed by atoms with Gasteiger partial charge in [-0.25, -0.2) is 0 Å². The fourth-order valence-electron chi connectivity index (χ4n) is 2.20. The highest BCUT2D eigenvalue weighted by Crippen LogP contribution is 2.26. The number of alkyl halides is 1. The summed E-state index contributed by atoms with van der Waals surface area (Å²) in [5, 5.41) is 0. The normalized spacial score (nSPS) is 18.8. The van der Waals surface area contributed by atoms with E-state index in [-0.39, 0.29) is 6.04 Å². The van der Waals surface area contributed by atoms with Crippen LogP contribution in [0.1, 0.15) is 13.3 Å². The molecule has 0 bridgehead atoms. The van der Waals surface area contributed by atoms with Gasteiger partial charge in [-0.1, -0.05) is 84.9 Å². The topological polar surface area (TPSA) is 3.24 Å². The smallest absolute Gasteiger partial charge is 0.0562 e. The molecule has 1 aliphatic rings. The molecule has 1 rings (SSSR count). The third-order valence-electron chi connectivity index (χ3n) is 3.06. The van der Waals surface area contributed by atoms with E-state index < -0.39 is 0 Å². The highest BCUT2D eigenvalue weighted by atomic mass is 127. The van der Waals surface area contributed by atoms with Crippen LogP contribution in [0.5, 0.6) is 0 Å². The van der Waals surface area contributed by atoms with Crippen LogP contribution in [0.4, 0.5) is 0 Å². The Bertz CT molecular complexity index is 492. The van der Waals surface area contributed by atoms with Crippen LogP contribution in [0.2, 0.25) is 0 Å². The number of hydrogen-bond acceptors (Lipinski definition) is 1. The maximum atomic E-state index is 4.14. The Morgan fingerprint density at radius 2 is 2.25 bits per heavy atom.